The van der Waals surface area contributed by atoms with E-state index >= 15 is 0 Å². The molecule has 0 aliphatic carbocycles. The van der Waals surface area contributed by atoms with Crippen LogP contribution in [0.25, 0.3) is 0 Å². The predicted molar refractivity (Wildman–Crippen MR) is 79.2 cm³/mol. The molecule has 0 aromatic rings. The number of nitrogens with two attached hydrogens (primary N) is 1. The van der Waals surface area contributed by atoms with Crippen molar-refractivity contribution in [3.63, 3.8) is 0 Å². The zero-order valence-electron chi connectivity index (χ0n) is 11.4. The molecule has 0 aromatic heterocycles. The molecule has 0 fully saturated rings. The summed E-state index contributed by atoms with van der Waals surface area (Å²) in [6, 6.07) is 0. The van der Waals surface area contributed by atoms with Gasteiger partial charge in [-0.05, 0) is 18.6 Å². The van der Waals surface area contributed by atoms with Crippen molar-refractivity contribution in [1.29, 1.82) is 0 Å². The minimum Gasteiger partial charge on any atom is -0.471 e. The monoisotopic (exact) mass is 259 g/mol. The van der Waals surface area contributed by atoms with E-state index in [0.29, 0.717) is 6.61 Å². The Morgan fingerprint density at radius 2 is 1.24 bits per heavy atom. The molecule has 2 N–H and O–H groups in total. The van der Waals surface area contributed by atoms with Crippen LogP contribution >= 0.6 is 12.2 Å². The second-order valence-corrected chi connectivity index (χ2v) is 5.11. The summed E-state index contributed by atoms with van der Waals surface area (Å²) in [6.07, 6.45) is 14.8. The lowest BCUT2D eigenvalue weighted by Gasteiger charge is -2.03. The lowest BCUT2D eigenvalue weighted by molar-refractivity contribution is 0.295. The topological polar surface area (TPSA) is 35.2 Å². The average Bonchev–Trinajstić information content (AvgIpc) is 2.30. The molecule has 0 spiro atoms. The van der Waals surface area contributed by atoms with Crippen molar-refractivity contribution in [1.82, 2.24) is 0 Å². The molecule has 3 heteroatoms. The lowest BCUT2D eigenvalue weighted by Crippen LogP contribution is -2.13. The van der Waals surface area contributed by atoms with Gasteiger partial charge in [0.15, 0.2) is 0 Å². The van der Waals surface area contributed by atoms with Crippen molar-refractivity contribution < 1.29 is 4.74 Å². The minimum atomic E-state index is 0.178. The van der Waals surface area contributed by atoms with E-state index in [9.17, 15) is 0 Å². The molecule has 0 aliphatic heterocycles. The van der Waals surface area contributed by atoms with Gasteiger partial charge in [0, 0.05) is 0 Å². The molecule has 0 rings (SSSR count). The fourth-order valence-electron chi connectivity index (χ4n) is 1.94. The number of hydrogen-bond acceptors (Lipinski definition) is 2. The highest BCUT2D eigenvalue weighted by Crippen LogP contribution is 2.11. The van der Waals surface area contributed by atoms with Crippen LogP contribution in [0.1, 0.15) is 77.6 Å². The first-order valence-electron chi connectivity index (χ1n) is 7.19. The summed E-state index contributed by atoms with van der Waals surface area (Å²) in [4.78, 5) is 0. The number of thiocarbonyl (C=S) groups is 1. The van der Waals surface area contributed by atoms with Crippen LogP contribution in [0.3, 0.4) is 0 Å². The standard InChI is InChI=1S/C14H29NOS/c1-2-3-4-5-6-7-8-9-10-11-12-13-16-14(15)17/h2-13H2,1H3,(H2,15,17). The first-order chi connectivity index (χ1) is 8.27. The molecular weight excluding hydrogens is 230 g/mol. The Morgan fingerprint density at radius 3 is 1.65 bits per heavy atom. The molecule has 0 aromatic carbocycles. The van der Waals surface area contributed by atoms with Gasteiger partial charge in [0.05, 0.1) is 6.61 Å². The minimum absolute atomic E-state index is 0.178. The summed E-state index contributed by atoms with van der Waals surface area (Å²) in [5.41, 5.74) is 5.23. The van der Waals surface area contributed by atoms with Crippen LogP contribution in [0, 0.1) is 0 Å². The number of hydrogen-bond donors (Lipinski definition) is 1. The molecule has 0 aliphatic rings. The molecule has 0 saturated heterocycles. The van der Waals surface area contributed by atoms with E-state index in [1.807, 2.05) is 0 Å². The summed E-state index contributed by atoms with van der Waals surface area (Å²) < 4.78 is 5.03. The van der Waals surface area contributed by atoms with Crippen LogP contribution in [-0.2, 0) is 4.74 Å². The fraction of sp³-hybridized carbons (Fsp3) is 0.929. The van der Waals surface area contributed by atoms with Crippen molar-refractivity contribution in [3.05, 3.63) is 0 Å². The fourth-order valence-corrected chi connectivity index (χ4v) is 2.02. The van der Waals surface area contributed by atoms with Gasteiger partial charge in [-0.1, -0.05) is 71.1 Å². The van der Waals surface area contributed by atoms with Gasteiger partial charge in [-0.25, -0.2) is 0 Å². The largest absolute Gasteiger partial charge is 0.471 e. The Bertz CT molecular complexity index is 174. The maximum atomic E-state index is 5.23. The van der Waals surface area contributed by atoms with Crippen LogP contribution < -0.4 is 5.73 Å². The maximum absolute atomic E-state index is 5.23. The normalized spacial score (nSPS) is 10.4. The number of rotatable bonds is 12. The van der Waals surface area contributed by atoms with E-state index in [1.54, 1.807) is 0 Å². The van der Waals surface area contributed by atoms with E-state index in [2.05, 4.69) is 19.1 Å². The Labute approximate surface area is 112 Å². The van der Waals surface area contributed by atoms with E-state index in [0.717, 1.165) is 6.42 Å². The number of ether oxygens (including phenoxy) is 1. The first kappa shape index (κ1) is 16.7. The van der Waals surface area contributed by atoms with Crippen LogP contribution in [0.2, 0.25) is 0 Å². The Balaban J connectivity index is 2.91. The van der Waals surface area contributed by atoms with Crippen LogP contribution in [-0.4, -0.2) is 11.8 Å². The van der Waals surface area contributed by atoms with Crippen molar-refractivity contribution in [2.45, 2.75) is 77.6 Å². The molecule has 0 atom stereocenters. The predicted octanol–water partition coefficient (Wildman–Crippen LogP) is 4.56. The third-order valence-corrected chi connectivity index (χ3v) is 3.11. The molecule has 2 nitrogen and oxygen atoms in total. The smallest absolute Gasteiger partial charge is 0.253 e. The lowest BCUT2D eigenvalue weighted by atomic mass is 10.1. The Hall–Kier alpha value is -0.310. The molecule has 17 heavy (non-hydrogen) atoms. The second-order valence-electron chi connectivity index (χ2n) is 4.70. The van der Waals surface area contributed by atoms with Gasteiger partial charge in [-0.2, -0.15) is 0 Å². The molecule has 0 unspecified atom stereocenters. The zero-order valence-corrected chi connectivity index (χ0v) is 12.2. The summed E-state index contributed by atoms with van der Waals surface area (Å²) >= 11 is 4.63. The zero-order chi connectivity index (χ0) is 12.8. The van der Waals surface area contributed by atoms with Crippen molar-refractivity contribution in [2.24, 2.45) is 5.73 Å². The molecule has 102 valence electrons. The summed E-state index contributed by atoms with van der Waals surface area (Å²) in [7, 11) is 0. The van der Waals surface area contributed by atoms with Gasteiger partial charge in [-0.15, -0.1) is 0 Å². The molecule has 0 amide bonds. The molecular formula is C14H29NOS. The SMILES string of the molecule is CCCCCCCCCCCCCOC(N)=S. The van der Waals surface area contributed by atoms with Crippen LogP contribution in [0.15, 0.2) is 0 Å². The van der Waals surface area contributed by atoms with Gasteiger partial charge in [-0.3, -0.25) is 0 Å². The van der Waals surface area contributed by atoms with E-state index < -0.39 is 0 Å². The number of unbranched alkanes of at least 4 members (excludes halogenated alkanes) is 10. The molecule has 0 heterocycles. The van der Waals surface area contributed by atoms with Crippen LogP contribution in [0.4, 0.5) is 0 Å². The van der Waals surface area contributed by atoms with E-state index in [1.165, 1.54) is 64.2 Å². The first-order valence-corrected chi connectivity index (χ1v) is 7.60. The third kappa shape index (κ3) is 15.7. The summed E-state index contributed by atoms with van der Waals surface area (Å²) in [5.74, 6) is 0. The summed E-state index contributed by atoms with van der Waals surface area (Å²) in [5, 5.41) is 0.178. The highest BCUT2D eigenvalue weighted by molar-refractivity contribution is 7.80. The average molecular weight is 259 g/mol. The quantitative estimate of drug-likeness (QED) is 0.412. The van der Waals surface area contributed by atoms with Gasteiger partial charge in [0.1, 0.15) is 0 Å². The van der Waals surface area contributed by atoms with Crippen molar-refractivity contribution in [2.75, 3.05) is 6.61 Å². The Kier molecular flexibility index (Phi) is 13.5. The Morgan fingerprint density at radius 1 is 0.824 bits per heavy atom. The van der Waals surface area contributed by atoms with Gasteiger partial charge >= 0.3 is 0 Å². The summed E-state index contributed by atoms with van der Waals surface area (Å²) in [6.45, 7) is 2.95. The van der Waals surface area contributed by atoms with Gasteiger partial charge < -0.3 is 10.5 Å². The van der Waals surface area contributed by atoms with Crippen molar-refractivity contribution >= 4 is 17.4 Å². The third-order valence-electron chi connectivity index (χ3n) is 2.99. The molecule has 0 bridgehead atoms. The van der Waals surface area contributed by atoms with E-state index in [-0.39, 0.29) is 5.17 Å². The van der Waals surface area contributed by atoms with Gasteiger partial charge in [0.25, 0.3) is 5.17 Å². The molecule has 0 radical (unpaired) electrons. The van der Waals surface area contributed by atoms with Crippen LogP contribution in [0.5, 0.6) is 0 Å². The van der Waals surface area contributed by atoms with E-state index in [4.69, 9.17) is 10.5 Å². The highest BCUT2D eigenvalue weighted by Gasteiger charge is 1.93. The van der Waals surface area contributed by atoms with Gasteiger partial charge in [0.2, 0.25) is 0 Å². The van der Waals surface area contributed by atoms with Crippen molar-refractivity contribution in [3.8, 4) is 0 Å². The maximum Gasteiger partial charge on any atom is 0.253 e. The second kappa shape index (κ2) is 13.8. The molecule has 0 saturated carbocycles. The highest BCUT2D eigenvalue weighted by atomic mass is 32.1.